The van der Waals surface area contributed by atoms with E-state index in [2.05, 4.69) is 4.98 Å². The number of carboxylic acids is 1. The van der Waals surface area contributed by atoms with E-state index in [4.69, 9.17) is 10.5 Å². The summed E-state index contributed by atoms with van der Waals surface area (Å²) in [6.07, 6.45) is 1.51. The van der Waals surface area contributed by atoms with Crippen LogP contribution in [0.25, 0.3) is 22.2 Å². The summed E-state index contributed by atoms with van der Waals surface area (Å²) >= 11 is 0. The molecule has 0 atom stereocenters. The molecule has 0 aliphatic carbocycles. The van der Waals surface area contributed by atoms with Crippen molar-refractivity contribution in [3.63, 3.8) is 0 Å². The molecule has 0 saturated heterocycles. The summed E-state index contributed by atoms with van der Waals surface area (Å²) in [4.78, 5) is 26.8. The first-order valence-electron chi connectivity index (χ1n) is 11.7. The molecule has 196 valence electrons. The molecule has 0 spiro atoms. The third-order valence-electron chi connectivity index (χ3n) is 6.25. The molecule has 10 heteroatoms. The number of carbonyl (C=O) groups excluding carboxylic acids is 1. The summed E-state index contributed by atoms with van der Waals surface area (Å²) in [7, 11) is 0. The van der Waals surface area contributed by atoms with Gasteiger partial charge in [-0.05, 0) is 59.7 Å². The molecule has 0 saturated carbocycles. The van der Waals surface area contributed by atoms with Crippen LogP contribution in [-0.2, 0) is 13.2 Å². The Morgan fingerprint density at radius 3 is 2.23 bits per heavy atom. The average Bonchev–Trinajstić information content (AvgIpc) is 3.31. The van der Waals surface area contributed by atoms with Crippen molar-refractivity contribution in [1.82, 2.24) is 9.55 Å². The Morgan fingerprint density at radius 2 is 1.51 bits per heavy atom. The number of benzene rings is 4. The Kier molecular flexibility index (Phi) is 6.76. The lowest BCUT2D eigenvalue weighted by Gasteiger charge is -2.12. The van der Waals surface area contributed by atoms with Gasteiger partial charge < -0.3 is 20.1 Å². The number of imidazole rings is 1. The van der Waals surface area contributed by atoms with Gasteiger partial charge in [-0.25, -0.2) is 22.9 Å². The minimum atomic E-state index is -1.08. The van der Waals surface area contributed by atoms with Crippen molar-refractivity contribution < 1.29 is 32.6 Å². The molecule has 0 aliphatic rings. The molecule has 0 aliphatic heterocycles. The highest BCUT2D eigenvalue weighted by Crippen LogP contribution is 2.29. The van der Waals surface area contributed by atoms with Crippen LogP contribution >= 0.6 is 0 Å². The van der Waals surface area contributed by atoms with E-state index >= 15 is 4.39 Å². The maximum Gasteiger partial charge on any atom is 0.335 e. The van der Waals surface area contributed by atoms with E-state index < -0.39 is 29.3 Å². The van der Waals surface area contributed by atoms with E-state index in [9.17, 15) is 23.5 Å². The SMILES string of the molecule is NC(=O)c1ccc(COc2cc(-c3ccc(Cn4cnc5ccc(C(=O)O)cc54)c(F)c3)ccc2F)c(F)c1. The largest absolute Gasteiger partial charge is 0.486 e. The van der Waals surface area contributed by atoms with Crippen molar-refractivity contribution in [2.45, 2.75) is 13.2 Å². The van der Waals surface area contributed by atoms with E-state index in [0.29, 0.717) is 27.7 Å². The van der Waals surface area contributed by atoms with Crippen LogP contribution in [-0.4, -0.2) is 26.5 Å². The van der Waals surface area contributed by atoms with Crippen LogP contribution < -0.4 is 10.5 Å². The second-order valence-electron chi connectivity index (χ2n) is 8.79. The number of nitrogens with zero attached hydrogens (tertiary/aromatic N) is 2. The minimum Gasteiger partial charge on any atom is -0.486 e. The number of amides is 1. The highest BCUT2D eigenvalue weighted by Gasteiger charge is 2.14. The molecular formula is C29H20F3N3O4. The molecule has 7 nitrogen and oxygen atoms in total. The van der Waals surface area contributed by atoms with E-state index in [1.165, 1.54) is 54.9 Å². The lowest BCUT2D eigenvalue weighted by Crippen LogP contribution is -2.12. The third kappa shape index (κ3) is 5.30. The van der Waals surface area contributed by atoms with E-state index in [1.807, 2.05) is 0 Å². The number of ether oxygens (including phenoxy) is 1. The van der Waals surface area contributed by atoms with Crippen LogP contribution in [0.5, 0.6) is 5.75 Å². The molecule has 0 bridgehead atoms. The van der Waals surface area contributed by atoms with Crippen LogP contribution in [0.1, 0.15) is 31.8 Å². The summed E-state index contributed by atoms with van der Waals surface area (Å²) in [5.74, 6) is -3.93. The molecule has 39 heavy (non-hydrogen) atoms. The number of aromatic carboxylic acids is 1. The minimum absolute atomic E-state index is 0.00105. The lowest BCUT2D eigenvalue weighted by molar-refractivity contribution is 0.0696. The maximum absolute atomic E-state index is 15.1. The molecule has 3 N–H and O–H groups in total. The monoisotopic (exact) mass is 531 g/mol. The Labute approximate surface area is 219 Å². The first-order chi connectivity index (χ1) is 18.7. The van der Waals surface area contributed by atoms with Gasteiger partial charge in [-0.15, -0.1) is 0 Å². The second-order valence-corrected chi connectivity index (χ2v) is 8.79. The molecule has 0 unspecified atom stereocenters. The molecule has 0 fully saturated rings. The Bertz CT molecular complexity index is 1750. The van der Waals surface area contributed by atoms with Gasteiger partial charge in [0.2, 0.25) is 5.91 Å². The number of aromatic nitrogens is 2. The van der Waals surface area contributed by atoms with Crippen molar-refractivity contribution in [3.8, 4) is 16.9 Å². The van der Waals surface area contributed by atoms with Gasteiger partial charge in [-0.2, -0.15) is 0 Å². The molecule has 1 amide bonds. The first kappa shape index (κ1) is 25.5. The number of hydrogen-bond donors (Lipinski definition) is 2. The van der Waals surface area contributed by atoms with Gasteiger partial charge in [0.05, 0.1) is 29.5 Å². The van der Waals surface area contributed by atoms with Crippen molar-refractivity contribution in [1.29, 1.82) is 0 Å². The quantitative estimate of drug-likeness (QED) is 0.273. The molecule has 5 aromatic rings. The fraction of sp³-hybridized carbons (Fsp3) is 0.0690. The second kappa shape index (κ2) is 10.3. The zero-order valence-electron chi connectivity index (χ0n) is 20.2. The van der Waals surface area contributed by atoms with E-state index in [-0.39, 0.29) is 35.6 Å². The van der Waals surface area contributed by atoms with Gasteiger partial charge in [0, 0.05) is 16.7 Å². The first-order valence-corrected chi connectivity index (χ1v) is 11.7. The smallest absolute Gasteiger partial charge is 0.335 e. The van der Waals surface area contributed by atoms with Crippen molar-refractivity contribution in [2.75, 3.05) is 0 Å². The summed E-state index contributed by atoms with van der Waals surface area (Å²) < 4.78 is 50.9. The lowest BCUT2D eigenvalue weighted by atomic mass is 10.0. The zero-order valence-corrected chi connectivity index (χ0v) is 20.2. The van der Waals surface area contributed by atoms with Crippen LogP contribution in [0.4, 0.5) is 13.2 Å². The number of rotatable bonds is 8. The van der Waals surface area contributed by atoms with Gasteiger partial charge in [-0.1, -0.05) is 24.3 Å². The number of carboxylic acid groups (broad SMARTS) is 1. The fourth-order valence-electron chi connectivity index (χ4n) is 4.12. The molecule has 0 radical (unpaired) electrons. The maximum atomic E-state index is 15.1. The predicted molar refractivity (Wildman–Crippen MR) is 137 cm³/mol. The Morgan fingerprint density at radius 1 is 0.821 bits per heavy atom. The van der Waals surface area contributed by atoms with Crippen molar-refractivity contribution in [3.05, 3.63) is 119 Å². The molecule has 4 aromatic carbocycles. The van der Waals surface area contributed by atoms with E-state index in [1.54, 1.807) is 22.8 Å². The highest BCUT2D eigenvalue weighted by molar-refractivity contribution is 5.93. The van der Waals surface area contributed by atoms with E-state index in [0.717, 1.165) is 6.07 Å². The van der Waals surface area contributed by atoms with Gasteiger partial charge in [0.1, 0.15) is 18.2 Å². The summed E-state index contributed by atoms with van der Waals surface area (Å²) in [6, 6.07) is 16.8. The zero-order chi connectivity index (χ0) is 27.7. The van der Waals surface area contributed by atoms with Crippen molar-refractivity contribution in [2.24, 2.45) is 5.73 Å². The normalized spacial score (nSPS) is 11.1. The third-order valence-corrected chi connectivity index (χ3v) is 6.25. The summed E-state index contributed by atoms with van der Waals surface area (Å²) in [5, 5.41) is 9.26. The number of nitrogens with two attached hydrogens (primary N) is 1. The van der Waals surface area contributed by atoms with Crippen LogP contribution in [0.2, 0.25) is 0 Å². The Balaban J connectivity index is 1.36. The number of carbonyl (C=O) groups is 2. The summed E-state index contributed by atoms with van der Waals surface area (Å²) in [6.45, 7) is -0.190. The number of hydrogen-bond acceptors (Lipinski definition) is 4. The molecular weight excluding hydrogens is 511 g/mol. The molecule has 5 rings (SSSR count). The standard InChI is InChI=1S/C29H20F3N3O4/c30-22-7-5-17(12-27(22)39-14-21-4-2-18(28(33)36)10-24(21)32)16-1-3-20(23(31)9-16)13-35-15-34-25-8-6-19(29(37)38)11-26(25)35/h1-12,15H,13-14H2,(H2,33,36)(H,37,38). The topological polar surface area (TPSA) is 107 Å². The van der Waals surface area contributed by atoms with Gasteiger partial charge in [0.15, 0.2) is 11.6 Å². The van der Waals surface area contributed by atoms with Crippen LogP contribution in [0.3, 0.4) is 0 Å². The number of fused-ring (bicyclic) bond motifs is 1. The van der Waals surface area contributed by atoms with Crippen LogP contribution in [0.15, 0.2) is 79.1 Å². The Hall–Kier alpha value is -5.12. The fourth-order valence-corrected chi connectivity index (χ4v) is 4.12. The highest BCUT2D eigenvalue weighted by atomic mass is 19.1. The molecule has 1 aromatic heterocycles. The van der Waals surface area contributed by atoms with Gasteiger partial charge in [-0.3, -0.25) is 4.79 Å². The van der Waals surface area contributed by atoms with Crippen molar-refractivity contribution >= 4 is 22.9 Å². The summed E-state index contributed by atoms with van der Waals surface area (Å²) in [5.41, 5.74) is 7.75. The van der Waals surface area contributed by atoms with Gasteiger partial charge in [0.25, 0.3) is 0 Å². The number of primary amides is 1. The number of halogens is 3. The predicted octanol–water partition coefficient (Wildman–Crippen LogP) is 5.55. The van der Waals surface area contributed by atoms with Gasteiger partial charge >= 0.3 is 5.97 Å². The molecule has 1 heterocycles. The average molecular weight is 531 g/mol. The van der Waals surface area contributed by atoms with Crippen LogP contribution in [0, 0.1) is 17.5 Å².